The van der Waals surface area contributed by atoms with Gasteiger partial charge in [0.15, 0.2) is 0 Å². The van der Waals surface area contributed by atoms with Gasteiger partial charge < -0.3 is 9.47 Å². The van der Waals surface area contributed by atoms with Gasteiger partial charge in [-0.25, -0.2) is 4.39 Å². The molecule has 1 aromatic carbocycles. The summed E-state index contributed by atoms with van der Waals surface area (Å²) < 4.78 is 23.9. The maximum Gasteiger partial charge on any atom is 0.141 e. The van der Waals surface area contributed by atoms with Gasteiger partial charge in [-0.3, -0.25) is 4.90 Å². The summed E-state index contributed by atoms with van der Waals surface area (Å²) in [5.41, 5.74) is 0.920. The van der Waals surface area contributed by atoms with Crippen LogP contribution in [0.25, 0.3) is 0 Å². The van der Waals surface area contributed by atoms with Crippen LogP contribution >= 0.6 is 11.6 Å². The van der Waals surface area contributed by atoms with Crippen LogP contribution in [0.5, 0.6) is 0 Å². The number of rotatable bonds is 4. The van der Waals surface area contributed by atoms with Crippen LogP contribution in [0.15, 0.2) is 18.2 Å². The lowest BCUT2D eigenvalue weighted by Crippen LogP contribution is -2.40. The molecule has 100 valence electrons. The van der Waals surface area contributed by atoms with Crippen LogP contribution < -0.4 is 0 Å². The van der Waals surface area contributed by atoms with Crippen molar-refractivity contribution in [2.75, 3.05) is 40.0 Å². The highest BCUT2D eigenvalue weighted by molar-refractivity contribution is 6.30. The Morgan fingerprint density at radius 3 is 3.11 bits per heavy atom. The maximum absolute atomic E-state index is 13.1. The fraction of sp³-hybridized carbons (Fsp3) is 0.538. The van der Waals surface area contributed by atoms with Crippen molar-refractivity contribution in [3.05, 3.63) is 34.6 Å². The van der Waals surface area contributed by atoms with E-state index in [2.05, 4.69) is 4.90 Å². The van der Waals surface area contributed by atoms with E-state index in [-0.39, 0.29) is 11.1 Å². The predicted octanol–water partition coefficient (Wildman–Crippen LogP) is 2.50. The van der Waals surface area contributed by atoms with E-state index in [0.29, 0.717) is 13.2 Å². The minimum absolute atomic E-state index is 0.0475. The van der Waals surface area contributed by atoms with Gasteiger partial charge in [0.25, 0.3) is 0 Å². The highest BCUT2D eigenvalue weighted by atomic mass is 35.5. The third-order valence-corrected chi connectivity index (χ3v) is 3.37. The normalized spacial score (nSPS) is 21.2. The Morgan fingerprint density at radius 2 is 2.39 bits per heavy atom. The lowest BCUT2D eigenvalue weighted by atomic mass is 10.1. The van der Waals surface area contributed by atoms with Crippen LogP contribution in [0.2, 0.25) is 5.02 Å². The zero-order valence-corrected chi connectivity index (χ0v) is 11.1. The van der Waals surface area contributed by atoms with Crippen molar-refractivity contribution < 1.29 is 13.9 Å². The molecule has 0 aromatic heterocycles. The summed E-state index contributed by atoms with van der Waals surface area (Å²) in [4.78, 5) is 2.27. The summed E-state index contributed by atoms with van der Waals surface area (Å²) in [5.74, 6) is -0.396. The van der Waals surface area contributed by atoms with E-state index < -0.39 is 5.82 Å². The Hall–Kier alpha value is -0.680. The van der Waals surface area contributed by atoms with E-state index in [9.17, 15) is 4.39 Å². The summed E-state index contributed by atoms with van der Waals surface area (Å²) in [5, 5.41) is 0.144. The molecule has 0 radical (unpaired) electrons. The van der Waals surface area contributed by atoms with Crippen LogP contribution in [0, 0.1) is 5.82 Å². The van der Waals surface area contributed by atoms with E-state index in [0.717, 1.165) is 25.2 Å². The van der Waals surface area contributed by atoms with Gasteiger partial charge in [-0.1, -0.05) is 17.7 Å². The van der Waals surface area contributed by atoms with Gasteiger partial charge in [0.05, 0.1) is 24.3 Å². The van der Waals surface area contributed by atoms with Crippen molar-refractivity contribution in [3.8, 4) is 0 Å². The second-order valence-corrected chi connectivity index (χ2v) is 4.73. The molecule has 1 fully saturated rings. The predicted molar refractivity (Wildman–Crippen MR) is 68.4 cm³/mol. The second kappa shape index (κ2) is 6.48. The zero-order chi connectivity index (χ0) is 13.0. The molecule has 1 atom stereocenters. The van der Waals surface area contributed by atoms with Crippen LogP contribution in [0.1, 0.15) is 11.7 Å². The summed E-state index contributed by atoms with van der Waals surface area (Å²) in [6.07, 6.45) is -0.0475. The van der Waals surface area contributed by atoms with Gasteiger partial charge in [0, 0.05) is 26.7 Å². The first-order valence-corrected chi connectivity index (χ1v) is 6.36. The van der Waals surface area contributed by atoms with Crippen molar-refractivity contribution >= 4 is 11.6 Å². The number of morpholine rings is 1. The third-order valence-electron chi connectivity index (χ3n) is 3.08. The van der Waals surface area contributed by atoms with E-state index >= 15 is 0 Å². The highest BCUT2D eigenvalue weighted by Crippen LogP contribution is 2.25. The van der Waals surface area contributed by atoms with Gasteiger partial charge in [0.2, 0.25) is 0 Å². The first kappa shape index (κ1) is 13.7. The molecule has 0 N–H and O–H groups in total. The van der Waals surface area contributed by atoms with Crippen molar-refractivity contribution in [2.24, 2.45) is 0 Å². The topological polar surface area (TPSA) is 21.7 Å². The van der Waals surface area contributed by atoms with Crippen LogP contribution in [-0.4, -0.2) is 44.9 Å². The summed E-state index contributed by atoms with van der Waals surface area (Å²) in [6.45, 7) is 3.94. The zero-order valence-electron chi connectivity index (χ0n) is 10.4. The van der Waals surface area contributed by atoms with Gasteiger partial charge in [-0.05, 0) is 17.7 Å². The number of hydrogen-bond acceptors (Lipinski definition) is 3. The fourth-order valence-electron chi connectivity index (χ4n) is 2.04. The minimum Gasteiger partial charge on any atom is -0.383 e. The lowest BCUT2D eigenvalue weighted by molar-refractivity contribution is -0.0356. The van der Waals surface area contributed by atoms with Crippen molar-refractivity contribution in [3.63, 3.8) is 0 Å². The molecule has 5 heteroatoms. The molecule has 1 heterocycles. The Morgan fingerprint density at radius 1 is 1.56 bits per heavy atom. The van der Waals surface area contributed by atoms with E-state index in [1.165, 1.54) is 6.07 Å². The molecule has 18 heavy (non-hydrogen) atoms. The molecule has 0 aliphatic carbocycles. The maximum atomic E-state index is 13.1. The van der Waals surface area contributed by atoms with Gasteiger partial charge in [-0.2, -0.15) is 0 Å². The van der Waals surface area contributed by atoms with Crippen LogP contribution in [0.4, 0.5) is 4.39 Å². The van der Waals surface area contributed by atoms with Crippen LogP contribution in [0.3, 0.4) is 0 Å². The van der Waals surface area contributed by atoms with Crippen LogP contribution in [-0.2, 0) is 9.47 Å². The molecular weight excluding hydrogens is 257 g/mol. The largest absolute Gasteiger partial charge is 0.383 e. The molecule has 1 aromatic rings. The molecule has 0 amide bonds. The van der Waals surface area contributed by atoms with E-state index in [1.807, 2.05) is 0 Å². The number of halogens is 2. The number of ether oxygens (including phenoxy) is 2. The average molecular weight is 274 g/mol. The Balaban J connectivity index is 2.01. The highest BCUT2D eigenvalue weighted by Gasteiger charge is 2.22. The van der Waals surface area contributed by atoms with Gasteiger partial charge in [-0.15, -0.1) is 0 Å². The molecule has 1 unspecified atom stereocenters. The van der Waals surface area contributed by atoms with Gasteiger partial charge in [0.1, 0.15) is 5.82 Å². The van der Waals surface area contributed by atoms with Crippen molar-refractivity contribution in [2.45, 2.75) is 6.10 Å². The molecule has 0 saturated carbocycles. The lowest BCUT2D eigenvalue weighted by Gasteiger charge is -2.33. The summed E-state index contributed by atoms with van der Waals surface area (Å²) >= 11 is 5.79. The number of hydrogen-bond donors (Lipinski definition) is 0. The van der Waals surface area contributed by atoms with Crippen molar-refractivity contribution in [1.82, 2.24) is 4.90 Å². The number of benzene rings is 1. The molecule has 1 saturated heterocycles. The van der Waals surface area contributed by atoms with Gasteiger partial charge >= 0.3 is 0 Å². The average Bonchev–Trinajstić information content (AvgIpc) is 2.40. The molecule has 0 bridgehead atoms. The number of methoxy groups -OCH3 is 1. The SMILES string of the molecule is COCCN1CCOC(c2ccc(F)c(Cl)c2)C1. The molecular formula is C13H17ClFNO2. The molecule has 3 nitrogen and oxygen atoms in total. The molecule has 1 aliphatic heterocycles. The summed E-state index contributed by atoms with van der Waals surface area (Å²) in [7, 11) is 1.69. The standard InChI is InChI=1S/C13H17ClFNO2/c1-17-6-4-16-5-7-18-13(9-16)10-2-3-12(15)11(14)8-10/h2-3,8,13H,4-7,9H2,1H3. The van der Waals surface area contributed by atoms with E-state index in [4.69, 9.17) is 21.1 Å². The van der Waals surface area contributed by atoms with E-state index in [1.54, 1.807) is 19.2 Å². The third kappa shape index (κ3) is 3.42. The quantitative estimate of drug-likeness (QED) is 0.841. The Bertz CT molecular complexity index is 403. The monoisotopic (exact) mass is 273 g/mol. The first-order chi connectivity index (χ1) is 8.70. The smallest absolute Gasteiger partial charge is 0.141 e. The summed E-state index contributed by atoms with van der Waals surface area (Å²) in [6, 6.07) is 4.75. The molecule has 2 rings (SSSR count). The molecule has 1 aliphatic rings. The fourth-order valence-corrected chi connectivity index (χ4v) is 2.23. The minimum atomic E-state index is -0.396. The number of nitrogens with zero attached hydrogens (tertiary/aromatic N) is 1. The first-order valence-electron chi connectivity index (χ1n) is 5.98. The Labute approximate surface area is 111 Å². The second-order valence-electron chi connectivity index (χ2n) is 4.33. The Kier molecular flexibility index (Phi) is 4.95. The van der Waals surface area contributed by atoms with Crippen molar-refractivity contribution in [1.29, 1.82) is 0 Å². The molecule has 0 spiro atoms.